The molecule has 0 spiro atoms. The van der Waals surface area contributed by atoms with E-state index in [1.807, 2.05) is 6.92 Å². The Morgan fingerprint density at radius 3 is 2.29 bits per heavy atom. The van der Waals surface area contributed by atoms with E-state index in [0.29, 0.717) is 24.6 Å². The Morgan fingerprint density at radius 1 is 1.33 bits per heavy atom. The van der Waals surface area contributed by atoms with Gasteiger partial charge in [-0.3, -0.25) is 14.9 Å². The molecule has 1 amide bonds. The minimum atomic E-state index is -0.470. The Morgan fingerprint density at radius 2 is 1.86 bits per heavy atom. The summed E-state index contributed by atoms with van der Waals surface area (Å²) in [4.78, 5) is 24.2. The summed E-state index contributed by atoms with van der Waals surface area (Å²) >= 11 is 0. The maximum absolute atomic E-state index is 12.3. The molecule has 1 aromatic rings. The summed E-state index contributed by atoms with van der Waals surface area (Å²) < 4.78 is 0. The molecular formula is C14H20ClN3O3. The molecule has 0 saturated carbocycles. The average Bonchev–Trinajstić information content (AvgIpc) is 2.46. The van der Waals surface area contributed by atoms with Gasteiger partial charge in [0.15, 0.2) is 0 Å². The monoisotopic (exact) mass is 313 g/mol. The summed E-state index contributed by atoms with van der Waals surface area (Å²) in [5.74, 6) is 0.402. The van der Waals surface area contributed by atoms with E-state index in [1.165, 1.54) is 24.3 Å². The number of carbonyl (C=O) groups excluding carboxylic acids is 1. The standard InChI is InChI=1S/C14H19N3O3.ClH/c1-10(15)11-6-8-16(9-7-11)14(18)12-2-4-13(5-3-12)17(19)20;/h2-5,10-11H,6-9,15H2,1H3;1H. The number of nitrogens with two attached hydrogens (primary N) is 1. The van der Waals surface area contributed by atoms with Gasteiger partial charge in [0, 0.05) is 36.8 Å². The van der Waals surface area contributed by atoms with Crippen molar-refractivity contribution in [3.63, 3.8) is 0 Å². The second-order valence-corrected chi connectivity index (χ2v) is 5.29. The third-order valence-corrected chi connectivity index (χ3v) is 3.90. The summed E-state index contributed by atoms with van der Waals surface area (Å²) in [6.45, 7) is 3.39. The lowest BCUT2D eigenvalue weighted by atomic mass is 9.90. The highest BCUT2D eigenvalue weighted by Crippen LogP contribution is 2.21. The fourth-order valence-corrected chi connectivity index (χ4v) is 2.54. The second-order valence-electron chi connectivity index (χ2n) is 5.29. The second kappa shape index (κ2) is 7.38. The minimum absolute atomic E-state index is 0. The van der Waals surface area contributed by atoms with Gasteiger partial charge < -0.3 is 10.6 Å². The van der Waals surface area contributed by atoms with Gasteiger partial charge in [-0.15, -0.1) is 12.4 Å². The lowest BCUT2D eigenvalue weighted by Crippen LogP contribution is -2.42. The van der Waals surface area contributed by atoms with E-state index in [1.54, 1.807) is 4.90 Å². The molecule has 1 atom stereocenters. The topological polar surface area (TPSA) is 89.5 Å². The van der Waals surface area contributed by atoms with E-state index in [4.69, 9.17) is 5.73 Å². The largest absolute Gasteiger partial charge is 0.339 e. The number of non-ortho nitro benzene ring substituents is 1. The van der Waals surface area contributed by atoms with Crippen LogP contribution in [0.25, 0.3) is 0 Å². The van der Waals surface area contributed by atoms with Crippen LogP contribution in [0.5, 0.6) is 0 Å². The van der Waals surface area contributed by atoms with Crippen LogP contribution in [0.15, 0.2) is 24.3 Å². The quantitative estimate of drug-likeness (QED) is 0.684. The third-order valence-electron chi connectivity index (χ3n) is 3.90. The van der Waals surface area contributed by atoms with Crippen molar-refractivity contribution >= 4 is 24.0 Å². The van der Waals surface area contributed by atoms with Gasteiger partial charge in [-0.25, -0.2) is 0 Å². The van der Waals surface area contributed by atoms with Crippen molar-refractivity contribution in [1.82, 2.24) is 4.90 Å². The maximum Gasteiger partial charge on any atom is 0.269 e. The first-order valence-corrected chi connectivity index (χ1v) is 6.78. The first kappa shape index (κ1) is 17.4. The predicted molar refractivity (Wildman–Crippen MR) is 82.6 cm³/mol. The zero-order chi connectivity index (χ0) is 14.7. The number of piperidine rings is 1. The smallest absolute Gasteiger partial charge is 0.269 e. The van der Waals surface area contributed by atoms with Crippen LogP contribution in [-0.2, 0) is 0 Å². The van der Waals surface area contributed by atoms with Crippen molar-refractivity contribution in [2.45, 2.75) is 25.8 Å². The normalized spacial score (nSPS) is 17.0. The molecule has 1 aliphatic heterocycles. The van der Waals surface area contributed by atoms with Crippen molar-refractivity contribution in [2.24, 2.45) is 11.7 Å². The first-order valence-electron chi connectivity index (χ1n) is 6.78. The zero-order valence-electron chi connectivity index (χ0n) is 11.9. The van der Waals surface area contributed by atoms with Gasteiger partial charge in [-0.1, -0.05) is 0 Å². The van der Waals surface area contributed by atoms with Crippen molar-refractivity contribution in [3.05, 3.63) is 39.9 Å². The van der Waals surface area contributed by atoms with Crippen LogP contribution in [0.4, 0.5) is 5.69 Å². The Balaban J connectivity index is 0.00000220. The first-order chi connectivity index (χ1) is 9.49. The SMILES string of the molecule is CC(N)C1CCN(C(=O)c2ccc([N+](=O)[O-])cc2)CC1.Cl. The Hall–Kier alpha value is -1.66. The van der Waals surface area contributed by atoms with Crippen LogP contribution >= 0.6 is 12.4 Å². The number of halogens is 1. The highest BCUT2D eigenvalue weighted by atomic mass is 35.5. The van der Waals surface area contributed by atoms with Gasteiger partial charge in [-0.05, 0) is 37.8 Å². The molecule has 1 aliphatic rings. The molecule has 0 aliphatic carbocycles. The van der Waals surface area contributed by atoms with Gasteiger partial charge in [0.05, 0.1) is 4.92 Å². The molecule has 2 rings (SSSR count). The van der Waals surface area contributed by atoms with E-state index in [2.05, 4.69) is 0 Å². The molecule has 21 heavy (non-hydrogen) atoms. The average molecular weight is 314 g/mol. The van der Waals surface area contributed by atoms with Crippen LogP contribution in [0.3, 0.4) is 0 Å². The number of nitro benzene ring substituents is 1. The molecule has 1 heterocycles. The van der Waals surface area contributed by atoms with E-state index < -0.39 is 4.92 Å². The van der Waals surface area contributed by atoms with E-state index >= 15 is 0 Å². The fraction of sp³-hybridized carbons (Fsp3) is 0.500. The molecule has 2 N–H and O–H groups in total. The molecule has 0 radical (unpaired) electrons. The molecule has 0 aromatic heterocycles. The Bertz CT molecular complexity index is 497. The van der Waals surface area contributed by atoms with E-state index in [9.17, 15) is 14.9 Å². The third kappa shape index (κ3) is 4.15. The number of likely N-dealkylation sites (tertiary alicyclic amines) is 1. The minimum Gasteiger partial charge on any atom is -0.339 e. The van der Waals surface area contributed by atoms with Crippen molar-refractivity contribution in [2.75, 3.05) is 13.1 Å². The highest BCUT2D eigenvalue weighted by molar-refractivity contribution is 5.94. The lowest BCUT2D eigenvalue weighted by molar-refractivity contribution is -0.384. The summed E-state index contributed by atoms with van der Waals surface area (Å²) in [7, 11) is 0. The van der Waals surface area contributed by atoms with Crippen molar-refractivity contribution in [1.29, 1.82) is 0 Å². The summed E-state index contributed by atoms with van der Waals surface area (Å²) in [6, 6.07) is 5.91. The lowest BCUT2D eigenvalue weighted by Gasteiger charge is -2.33. The number of amides is 1. The highest BCUT2D eigenvalue weighted by Gasteiger charge is 2.25. The van der Waals surface area contributed by atoms with E-state index in [-0.39, 0.29) is 30.0 Å². The fourth-order valence-electron chi connectivity index (χ4n) is 2.54. The molecule has 7 heteroatoms. The van der Waals surface area contributed by atoms with E-state index in [0.717, 1.165) is 12.8 Å². The number of nitro groups is 1. The Kier molecular flexibility index (Phi) is 6.11. The van der Waals surface area contributed by atoms with Gasteiger partial charge >= 0.3 is 0 Å². The maximum atomic E-state index is 12.3. The van der Waals surface area contributed by atoms with Crippen LogP contribution in [0, 0.1) is 16.0 Å². The number of hydrogen-bond acceptors (Lipinski definition) is 4. The van der Waals surface area contributed by atoms with Crippen LogP contribution in [-0.4, -0.2) is 34.9 Å². The van der Waals surface area contributed by atoms with Crippen LogP contribution in [0.2, 0.25) is 0 Å². The molecule has 0 bridgehead atoms. The van der Waals surface area contributed by atoms with Gasteiger partial charge in [0.2, 0.25) is 0 Å². The van der Waals surface area contributed by atoms with Gasteiger partial charge in [0.25, 0.3) is 11.6 Å². The number of benzene rings is 1. The van der Waals surface area contributed by atoms with Crippen LogP contribution in [0.1, 0.15) is 30.1 Å². The Labute approximate surface area is 129 Å². The summed E-state index contributed by atoms with van der Waals surface area (Å²) in [5.41, 5.74) is 6.37. The molecule has 1 unspecified atom stereocenters. The predicted octanol–water partition coefficient (Wildman–Crippen LogP) is 2.22. The molecule has 116 valence electrons. The molecule has 1 aromatic carbocycles. The van der Waals surface area contributed by atoms with Crippen molar-refractivity contribution < 1.29 is 9.72 Å². The zero-order valence-corrected chi connectivity index (χ0v) is 12.7. The van der Waals surface area contributed by atoms with Crippen molar-refractivity contribution in [3.8, 4) is 0 Å². The summed E-state index contributed by atoms with van der Waals surface area (Å²) in [5, 5.41) is 10.6. The number of nitrogens with zero attached hydrogens (tertiary/aromatic N) is 2. The number of carbonyl (C=O) groups is 1. The molecular weight excluding hydrogens is 294 g/mol. The van der Waals surface area contributed by atoms with Crippen LogP contribution < -0.4 is 5.73 Å². The molecule has 1 saturated heterocycles. The number of hydrogen-bond donors (Lipinski definition) is 1. The molecule has 1 fully saturated rings. The van der Waals surface area contributed by atoms with Gasteiger partial charge in [0.1, 0.15) is 0 Å². The molecule has 6 nitrogen and oxygen atoms in total. The summed E-state index contributed by atoms with van der Waals surface area (Å²) in [6.07, 6.45) is 1.83. The number of rotatable bonds is 3. The van der Waals surface area contributed by atoms with Gasteiger partial charge in [-0.2, -0.15) is 0 Å².